The first kappa shape index (κ1) is 16.3. The van der Waals surface area contributed by atoms with Crippen LogP contribution in [0.3, 0.4) is 0 Å². The highest BCUT2D eigenvalue weighted by atomic mass is 16.5. The summed E-state index contributed by atoms with van der Waals surface area (Å²) >= 11 is 0. The van der Waals surface area contributed by atoms with E-state index in [9.17, 15) is 9.59 Å². The number of ether oxygens (including phenoxy) is 1. The largest absolute Gasteiger partial charge is 0.493 e. The minimum atomic E-state index is -0.814. The Morgan fingerprint density at radius 1 is 1.32 bits per heavy atom. The van der Waals surface area contributed by atoms with Gasteiger partial charge in [0, 0.05) is 19.5 Å². The normalized spacial score (nSPS) is 20.9. The Hall–Kier alpha value is -2.04. The summed E-state index contributed by atoms with van der Waals surface area (Å²) in [5, 5.41) is 9.09. The summed E-state index contributed by atoms with van der Waals surface area (Å²) < 4.78 is 5.67. The van der Waals surface area contributed by atoms with Gasteiger partial charge in [0.15, 0.2) is 0 Å². The summed E-state index contributed by atoms with van der Waals surface area (Å²) in [5.41, 5.74) is 1.08. The summed E-state index contributed by atoms with van der Waals surface area (Å²) in [7, 11) is 0. The standard InChI is InChI=1S/C17H23NO4/c1-12-6-3-4-7-15(12)22-9-5-8-16(19)18-10-13(2)14(11-18)17(20)21/h3-4,6-7,13-14H,5,8-11H2,1-2H3,(H,20,21)/t13-,14-/m1/s1. The van der Waals surface area contributed by atoms with Crippen molar-refractivity contribution in [3.8, 4) is 5.75 Å². The van der Waals surface area contributed by atoms with Gasteiger partial charge in [0.05, 0.1) is 12.5 Å². The Kier molecular flexibility index (Phi) is 5.41. The summed E-state index contributed by atoms with van der Waals surface area (Å²) in [4.78, 5) is 24.8. The molecule has 0 unspecified atom stereocenters. The molecule has 0 saturated carbocycles. The average Bonchev–Trinajstić information content (AvgIpc) is 2.87. The van der Waals surface area contributed by atoms with Gasteiger partial charge in [-0.1, -0.05) is 25.1 Å². The molecule has 1 aliphatic rings. The third-order valence-electron chi connectivity index (χ3n) is 4.17. The molecule has 1 aromatic carbocycles. The van der Waals surface area contributed by atoms with E-state index in [-0.39, 0.29) is 11.8 Å². The lowest BCUT2D eigenvalue weighted by atomic mass is 9.99. The molecule has 0 bridgehead atoms. The number of carbonyl (C=O) groups excluding carboxylic acids is 1. The summed E-state index contributed by atoms with van der Waals surface area (Å²) in [5.74, 6) is -0.373. The van der Waals surface area contributed by atoms with Crippen LogP contribution in [-0.2, 0) is 9.59 Å². The van der Waals surface area contributed by atoms with E-state index >= 15 is 0 Å². The molecule has 1 aliphatic heterocycles. The lowest BCUT2D eigenvalue weighted by molar-refractivity contribution is -0.142. The van der Waals surface area contributed by atoms with Crippen molar-refractivity contribution in [2.75, 3.05) is 19.7 Å². The highest BCUT2D eigenvalue weighted by Crippen LogP contribution is 2.24. The number of aliphatic carboxylic acids is 1. The fourth-order valence-electron chi connectivity index (χ4n) is 2.77. The Balaban J connectivity index is 1.73. The first-order valence-corrected chi connectivity index (χ1v) is 7.68. The SMILES string of the molecule is Cc1ccccc1OCCCC(=O)N1C[C@@H](C)[C@H](C(=O)O)C1. The van der Waals surface area contributed by atoms with Gasteiger partial charge in [-0.05, 0) is 30.9 Å². The maximum Gasteiger partial charge on any atom is 0.308 e. The zero-order valence-corrected chi connectivity index (χ0v) is 13.1. The van der Waals surface area contributed by atoms with Crippen LogP contribution in [0.25, 0.3) is 0 Å². The van der Waals surface area contributed by atoms with Crippen LogP contribution < -0.4 is 4.74 Å². The Bertz CT molecular complexity index is 543. The maximum atomic E-state index is 12.1. The van der Waals surface area contributed by atoms with Crippen molar-refractivity contribution in [2.45, 2.75) is 26.7 Å². The topological polar surface area (TPSA) is 66.8 Å². The van der Waals surface area contributed by atoms with E-state index < -0.39 is 11.9 Å². The molecule has 22 heavy (non-hydrogen) atoms. The third-order valence-corrected chi connectivity index (χ3v) is 4.17. The van der Waals surface area contributed by atoms with Crippen molar-refractivity contribution in [2.24, 2.45) is 11.8 Å². The molecule has 1 fully saturated rings. The molecule has 1 N–H and O–H groups in total. The summed E-state index contributed by atoms with van der Waals surface area (Å²) in [6.45, 7) is 5.22. The molecule has 120 valence electrons. The average molecular weight is 305 g/mol. The van der Waals surface area contributed by atoms with Crippen LogP contribution >= 0.6 is 0 Å². The number of benzene rings is 1. The van der Waals surface area contributed by atoms with Gasteiger partial charge < -0.3 is 14.7 Å². The first-order chi connectivity index (χ1) is 10.5. The fraction of sp³-hybridized carbons (Fsp3) is 0.529. The number of rotatable bonds is 6. The molecule has 0 radical (unpaired) electrons. The number of hydrogen-bond donors (Lipinski definition) is 1. The molecule has 1 saturated heterocycles. The van der Waals surface area contributed by atoms with Crippen LogP contribution in [-0.4, -0.2) is 41.6 Å². The van der Waals surface area contributed by atoms with Crippen LogP contribution in [0.5, 0.6) is 5.75 Å². The monoisotopic (exact) mass is 305 g/mol. The van der Waals surface area contributed by atoms with Gasteiger partial charge in [-0.15, -0.1) is 0 Å². The first-order valence-electron chi connectivity index (χ1n) is 7.68. The van der Waals surface area contributed by atoms with Gasteiger partial charge in [0.25, 0.3) is 0 Å². The Morgan fingerprint density at radius 3 is 2.68 bits per heavy atom. The van der Waals surface area contributed by atoms with E-state index in [1.807, 2.05) is 38.1 Å². The van der Waals surface area contributed by atoms with E-state index in [2.05, 4.69) is 0 Å². The minimum absolute atomic E-state index is 0.0176. The van der Waals surface area contributed by atoms with E-state index in [0.29, 0.717) is 32.5 Å². The van der Waals surface area contributed by atoms with Crippen LogP contribution in [0, 0.1) is 18.8 Å². The predicted molar refractivity (Wildman–Crippen MR) is 82.8 cm³/mol. The summed E-state index contributed by atoms with van der Waals surface area (Å²) in [6.07, 6.45) is 1.03. The van der Waals surface area contributed by atoms with Crippen LogP contribution in [0.2, 0.25) is 0 Å². The molecular formula is C17H23NO4. The quantitative estimate of drug-likeness (QED) is 0.819. The number of nitrogens with zero attached hydrogens (tertiary/aromatic N) is 1. The highest BCUT2D eigenvalue weighted by Gasteiger charge is 2.36. The highest BCUT2D eigenvalue weighted by molar-refractivity contribution is 5.78. The Labute approximate surface area is 130 Å². The number of para-hydroxylation sites is 1. The number of hydrogen-bond acceptors (Lipinski definition) is 3. The van der Waals surface area contributed by atoms with Gasteiger partial charge in [0.1, 0.15) is 5.75 Å². The molecule has 5 heteroatoms. The lowest BCUT2D eigenvalue weighted by Crippen LogP contribution is -2.30. The van der Waals surface area contributed by atoms with Gasteiger partial charge in [-0.2, -0.15) is 0 Å². The van der Waals surface area contributed by atoms with Crippen LogP contribution in [0.15, 0.2) is 24.3 Å². The van der Waals surface area contributed by atoms with Gasteiger partial charge >= 0.3 is 5.97 Å². The van der Waals surface area contributed by atoms with Crippen LogP contribution in [0.1, 0.15) is 25.3 Å². The molecule has 2 atom stereocenters. The van der Waals surface area contributed by atoms with E-state index in [1.165, 1.54) is 0 Å². The van der Waals surface area contributed by atoms with Crippen molar-refractivity contribution in [3.63, 3.8) is 0 Å². The van der Waals surface area contributed by atoms with Crippen molar-refractivity contribution >= 4 is 11.9 Å². The molecule has 1 aromatic rings. The van der Waals surface area contributed by atoms with E-state index in [1.54, 1.807) is 4.90 Å². The second-order valence-corrected chi connectivity index (χ2v) is 5.94. The van der Waals surface area contributed by atoms with Crippen molar-refractivity contribution in [1.82, 2.24) is 4.90 Å². The molecule has 2 rings (SSSR count). The van der Waals surface area contributed by atoms with E-state index in [4.69, 9.17) is 9.84 Å². The third kappa shape index (κ3) is 4.00. The molecule has 1 amide bonds. The van der Waals surface area contributed by atoms with Crippen molar-refractivity contribution in [3.05, 3.63) is 29.8 Å². The van der Waals surface area contributed by atoms with Gasteiger partial charge in [-0.3, -0.25) is 9.59 Å². The van der Waals surface area contributed by atoms with Gasteiger partial charge in [0.2, 0.25) is 5.91 Å². The number of aryl methyl sites for hydroxylation is 1. The van der Waals surface area contributed by atoms with Gasteiger partial charge in [-0.25, -0.2) is 0 Å². The molecule has 1 heterocycles. The number of likely N-dealkylation sites (tertiary alicyclic amines) is 1. The summed E-state index contributed by atoms with van der Waals surface area (Å²) in [6, 6.07) is 7.78. The molecule has 5 nitrogen and oxygen atoms in total. The number of amides is 1. The van der Waals surface area contributed by atoms with Crippen molar-refractivity contribution < 1.29 is 19.4 Å². The smallest absolute Gasteiger partial charge is 0.308 e. The molecule has 0 aliphatic carbocycles. The molecule has 0 aromatic heterocycles. The number of carboxylic acid groups (broad SMARTS) is 1. The minimum Gasteiger partial charge on any atom is -0.493 e. The maximum absolute atomic E-state index is 12.1. The zero-order chi connectivity index (χ0) is 16.1. The number of carbonyl (C=O) groups is 2. The van der Waals surface area contributed by atoms with Crippen molar-refractivity contribution in [1.29, 1.82) is 0 Å². The molecule has 0 spiro atoms. The second-order valence-electron chi connectivity index (χ2n) is 5.94. The molecular weight excluding hydrogens is 282 g/mol. The zero-order valence-electron chi connectivity index (χ0n) is 13.1. The predicted octanol–water partition coefficient (Wildman–Crippen LogP) is 2.33. The second kappa shape index (κ2) is 7.29. The van der Waals surface area contributed by atoms with Crippen LogP contribution in [0.4, 0.5) is 0 Å². The van der Waals surface area contributed by atoms with E-state index in [0.717, 1.165) is 11.3 Å². The lowest BCUT2D eigenvalue weighted by Gasteiger charge is -2.16. The Morgan fingerprint density at radius 2 is 2.05 bits per heavy atom. The number of carboxylic acids is 1. The fourth-order valence-corrected chi connectivity index (χ4v) is 2.77.